The molecule has 2 aromatic rings. The first-order valence-corrected chi connectivity index (χ1v) is 10.9. The Morgan fingerprint density at radius 2 is 1.74 bits per heavy atom. The quantitative estimate of drug-likeness (QED) is 0.786. The molecule has 0 bridgehead atoms. The van der Waals surface area contributed by atoms with Gasteiger partial charge in [0, 0.05) is 0 Å². The summed E-state index contributed by atoms with van der Waals surface area (Å²) < 4.78 is 25.8. The summed E-state index contributed by atoms with van der Waals surface area (Å²) in [4.78, 5) is 12.9. The van der Waals surface area contributed by atoms with Crippen LogP contribution in [-0.2, 0) is 14.8 Å². The average Bonchev–Trinajstić information content (AvgIpc) is 2.59. The van der Waals surface area contributed by atoms with Gasteiger partial charge in [0.2, 0.25) is 15.9 Å². The number of nitrogens with zero attached hydrogens (tertiary/aromatic N) is 1. The highest BCUT2D eigenvalue weighted by Gasteiger charge is 2.30. The lowest BCUT2D eigenvalue weighted by Gasteiger charge is -2.30. The smallest absolute Gasteiger partial charge is 0.244 e. The second kappa shape index (κ2) is 8.57. The Bertz CT molecular complexity index is 895. The summed E-state index contributed by atoms with van der Waals surface area (Å²) >= 11 is 0. The number of para-hydroxylation sites is 1. The lowest BCUT2D eigenvalue weighted by molar-refractivity contribution is -0.122. The van der Waals surface area contributed by atoms with Crippen molar-refractivity contribution < 1.29 is 13.2 Å². The van der Waals surface area contributed by atoms with Crippen molar-refractivity contribution in [1.29, 1.82) is 0 Å². The minimum absolute atomic E-state index is 0.169. The number of carbonyl (C=O) groups excluding carboxylic acids is 1. The SMILES string of the molecule is CC[C@@H](NC(=O)[C@H](C)N(c1ccccc1)S(C)(=O)=O)c1ccc(C)cc1C. The number of nitrogens with one attached hydrogen (secondary N) is 1. The van der Waals surface area contributed by atoms with E-state index in [9.17, 15) is 13.2 Å². The molecule has 146 valence electrons. The van der Waals surface area contributed by atoms with Crippen molar-refractivity contribution in [1.82, 2.24) is 5.32 Å². The van der Waals surface area contributed by atoms with E-state index in [1.54, 1.807) is 31.2 Å². The first kappa shape index (κ1) is 21.0. The van der Waals surface area contributed by atoms with E-state index in [0.29, 0.717) is 12.1 Å². The minimum atomic E-state index is -3.61. The summed E-state index contributed by atoms with van der Waals surface area (Å²) in [5.41, 5.74) is 3.80. The van der Waals surface area contributed by atoms with Crippen molar-refractivity contribution in [2.45, 2.75) is 46.2 Å². The van der Waals surface area contributed by atoms with Gasteiger partial charge >= 0.3 is 0 Å². The fraction of sp³-hybridized carbons (Fsp3) is 0.381. The maximum Gasteiger partial charge on any atom is 0.244 e. The first-order valence-electron chi connectivity index (χ1n) is 9.07. The Labute approximate surface area is 162 Å². The molecule has 0 aliphatic heterocycles. The molecule has 5 nitrogen and oxygen atoms in total. The molecule has 0 heterocycles. The summed E-state index contributed by atoms with van der Waals surface area (Å²) in [5, 5.41) is 3.02. The van der Waals surface area contributed by atoms with Crippen LogP contribution in [0.5, 0.6) is 0 Å². The van der Waals surface area contributed by atoms with Gasteiger partial charge < -0.3 is 5.32 Å². The van der Waals surface area contributed by atoms with Crippen LogP contribution in [-0.4, -0.2) is 26.6 Å². The van der Waals surface area contributed by atoms with Gasteiger partial charge in [-0.05, 0) is 50.5 Å². The van der Waals surface area contributed by atoms with Gasteiger partial charge in [0.15, 0.2) is 0 Å². The van der Waals surface area contributed by atoms with Crippen LogP contribution in [0.25, 0.3) is 0 Å². The molecule has 0 spiro atoms. The van der Waals surface area contributed by atoms with Crippen molar-refractivity contribution in [2.24, 2.45) is 0 Å². The Hall–Kier alpha value is -2.34. The molecule has 1 amide bonds. The van der Waals surface area contributed by atoms with E-state index < -0.39 is 16.1 Å². The standard InChI is InChI=1S/C21H28N2O3S/c1-6-20(19-13-12-15(2)14-16(19)3)22-21(24)17(4)23(27(5,25)26)18-10-8-7-9-11-18/h7-14,17,20H,6H2,1-5H3,(H,22,24)/t17-,20+/m0/s1. The molecule has 0 unspecified atom stereocenters. The second-order valence-corrected chi connectivity index (χ2v) is 8.76. The molecule has 0 radical (unpaired) electrons. The number of rotatable bonds is 7. The van der Waals surface area contributed by atoms with Gasteiger partial charge in [-0.2, -0.15) is 0 Å². The third-order valence-corrected chi connectivity index (χ3v) is 5.87. The molecule has 0 aromatic heterocycles. The van der Waals surface area contributed by atoms with Crippen molar-refractivity contribution in [3.63, 3.8) is 0 Å². The number of amides is 1. The van der Waals surface area contributed by atoms with E-state index in [0.717, 1.165) is 27.3 Å². The zero-order chi connectivity index (χ0) is 20.2. The van der Waals surface area contributed by atoms with Crippen LogP contribution in [0.2, 0.25) is 0 Å². The van der Waals surface area contributed by atoms with Crippen molar-refractivity contribution >= 4 is 21.6 Å². The molecule has 0 aliphatic carbocycles. The Kier molecular flexibility index (Phi) is 6.65. The van der Waals surface area contributed by atoms with Crippen LogP contribution >= 0.6 is 0 Å². The molecule has 0 saturated heterocycles. The van der Waals surface area contributed by atoms with Gasteiger partial charge in [0.1, 0.15) is 6.04 Å². The predicted molar refractivity (Wildman–Crippen MR) is 110 cm³/mol. The van der Waals surface area contributed by atoms with Crippen molar-refractivity contribution in [3.05, 3.63) is 65.2 Å². The minimum Gasteiger partial charge on any atom is -0.347 e. The van der Waals surface area contributed by atoms with Crippen LogP contribution in [0.15, 0.2) is 48.5 Å². The molecule has 1 N–H and O–H groups in total. The summed E-state index contributed by atoms with van der Waals surface area (Å²) in [7, 11) is -3.61. The Morgan fingerprint density at radius 3 is 2.26 bits per heavy atom. The molecule has 0 aliphatic rings. The van der Waals surface area contributed by atoms with Crippen LogP contribution in [0.4, 0.5) is 5.69 Å². The van der Waals surface area contributed by atoms with Crippen LogP contribution in [0.1, 0.15) is 43.0 Å². The zero-order valence-corrected chi connectivity index (χ0v) is 17.4. The van der Waals surface area contributed by atoms with Crippen molar-refractivity contribution in [2.75, 3.05) is 10.6 Å². The molecule has 2 rings (SSSR count). The monoisotopic (exact) mass is 388 g/mol. The highest BCUT2D eigenvalue weighted by atomic mass is 32.2. The Balaban J connectivity index is 2.28. The van der Waals surface area contributed by atoms with Gasteiger partial charge in [-0.15, -0.1) is 0 Å². The largest absolute Gasteiger partial charge is 0.347 e. The average molecular weight is 389 g/mol. The van der Waals surface area contributed by atoms with Gasteiger partial charge in [0.25, 0.3) is 0 Å². The van der Waals surface area contributed by atoms with Gasteiger partial charge in [-0.25, -0.2) is 8.42 Å². The number of sulfonamides is 1. The molecule has 0 saturated carbocycles. The molecular formula is C21H28N2O3S. The normalized spacial score (nSPS) is 13.7. The summed E-state index contributed by atoms with van der Waals surface area (Å²) in [5.74, 6) is -0.323. The maximum atomic E-state index is 12.9. The lowest BCUT2D eigenvalue weighted by Crippen LogP contribution is -2.48. The third-order valence-electron chi connectivity index (χ3n) is 4.62. The number of anilines is 1. The van der Waals surface area contributed by atoms with Crippen LogP contribution in [0, 0.1) is 13.8 Å². The highest BCUT2D eigenvalue weighted by molar-refractivity contribution is 7.92. The van der Waals surface area contributed by atoms with E-state index in [2.05, 4.69) is 11.4 Å². The van der Waals surface area contributed by atoms with Crippen LogP contribution < -0.4 is 9.62 Å². The molecule has 2 atom stereocenters. The van der Waals surface area contributed by atoms with E-state index in [-0.39, 0.29) is 11.9 Å². The zero-order valence-electron chi connectivity index (χ0n) is 16.6. The molecule has 0 fully saturated rings. The molecule has 2 aromatic carbocycles. The van der Waals surface area contributed by atoms with E-state index >= 15 is 0 Å². The van der Waals surface area contributed by atoms with Crippen molar-refractivity contribution in [3.8, 4) is 0 Å². The lowest BCUT2D eigenvalue weighted by atomic mass is 9.97. The Morgan fingerprint density at radius 1 is 1.11 bits per heavy atom. The molecular weight excluding hydrogens is 360 g/mol. The topological polar surface area (TPSA) is 66.5 Å². The number of carbonyl (C=O) groups is 1. The summed E-state index contributed by atoms with van der Waals surface area (Å²) in [6, 6.07) is 13.8. The van der Waals surface area contributed by atoms with E-state index in [1.807, 2.05) is 39.0 Å². The summed E-state index contributed by atoms with van der Waals surface area (Å²) in [6.45, 7) is 7.66. The highest BCUT2D eigenvalue weighted by Crippen LogP contribution is 2.24. The van der Waals surface area contributed by atoms with Gasteiger partial charge in [-0.3, -0.25) is 9.10 Å². The molecule has 6 heteroatoms. The predicted octanol–water partition coefficient (Wildman–Crippen LogP) is 3.73. The number of hydrogen-bond donors (Lipinski definition) is 1. The molecule has 27 heavy (non-hydrogen) atoms. The van der Waals surface area contributed by atoms with Crippen LogP contribution in [0.3, 0.4) is 0 Å². The second-order valence-electron chi connectivity index (χ2n) is 6.90. The number of aryl methyl sites for hydroxylation is 2. The van der Waals surface area contributed by atoms with E-state index in [1.165, 1.54) is 0 Å². The number of benzene rings is 2. The first-order chi connectivity index (χ1) is 12.6. The summed E-state index contributed by atoms with van der Waals surface area (Å²) in [6.07, 6.45) is 1.83. The third kappa shape index (κ3) is 5.10. The van der Waals surface area contributed by atoms with Gasteiger partial charge in [0.05, 0.1) is 18.0 Å². The van der Waals surface area contributed by atoms with E-state index in [4.69, 9.17) is 0 Å². The fourth-order valence-corrected chi connectivity index (χ4v) is 4.47. The number of hydrogen-bond acceptors (Lipinski definition) is 3. The van der Waals surface area contributed by atoms with Gasteiger partial charge in [-0.1, -0.05) is 48.9 Å². The fourth-order valence-electron chi connectivity index (χ4n) is 3.29. The maximum absolute atomic E-state index is 12.9.